The third-order valence-corrected chi connectivity index (χ3v) is 3.07. The molecule has 0 atom stereocenters. The summed E-state index contributed by atoms with van der Waals surface area (Å²) in [4.78, 5) is 4.21. The highest BCUT2D eigenvalue weighted by Crippen LogP contribution is 1.93. The molecule has 98 valence electrons. The predicted octanol–water partition coefficient (Wildman–Crippen LogP) is -0.508. The maximum absolute atomic E-state index is 10.8. The Labute approximate surface area is 102 Å². The van der Waals surface area contributed by atoms with Crippen LogP contribution in [-0.2, 0) is 23.5 Å². The van der Waals surface area contributed by atoms with Gasteiger partial charge >= 0.3 is 0 Å². The molecule has 17 heavy (non-hydrogen) atoms. The van der Waals surface area contributed by atoms with Gasteiger partial charge in [0.2, 0.25) is 10.0 Å². The molecule has 0 aliphatic carbocycles. The Morgan fingerprint density at radius 3 is 2.71 bits per heavy atom. The quantitative estimate of drug-likeness (QED) is 0.617. The van der Waals surface area contributed by atoms with Crippen LogP contribution in [0.15, 0.2) is 12.4 Å². The number of imidazole rings is 1. The summed E-state index contributed by atoms with van der Waals surface area (Å²) in [7, 11) is -1.08. The van der Waals surface area contributed by atoms with Crippen LogP contribution in [0.2, 0.25) is 0 Å². The van der Waals surface area contributed by atoms with Gasteiger partial charge in [-0.05, 0) is 13.0 Å². The minimum absolute atomic E-state index is 0.480. The fraction of sp³-hybridized carbons (Fsp3) is 0.700. The number of nitrogens with zero attached hydrogens (tertiary/aromatic N) is 2. The summed E-state index contributed by atoms with van der Waals surface area (Å²) in [5.74, 6) is 1.05. The van der Waals surface area contributed by atoms with Crippen molar-refractivity contribution in [2.75, 3.05) is 25.9 Å². The fourth-order valence-electron chi connectivity index (χ4n) is 1.43. The minimum atomic E-state index is -3.05. The maximum Gasteiger partial charge on any atom is 0.208 e. The minimum Gasteiger partial charge on any atom is -0.338 e. The van der Waals surface area contributed by atoms with Crippen LogP contribution in [0.3, 0.4) is 0 Å². The van der Waals surface area contributed by atoms with Gasteiger partial charge in [-0.2, -0.15) is 0 Å². The Morgan fingerprint density at radius 1 is 1.35 bits per heavy atom. The number of aryl methyl sites for hydroxylation is 1. The molecule has 0 fully saturated rings. The lowest BCUT2D eigenvalue weighted by atomic mass is 10.3. The van der Waals surface area contributed by atoms with Gasteiger partial charge in [0.1, 0.15) is 5.82 Å². The van der Waals surface area contributed by atoms with Gasteiger partial charge in [0.25, 0.3) is 0 Å². The third kappa shape index (κ3) is 6.40. The van der Waals surface area contributed by atoms with Gasteiger partial charge in [0.15, 0.2) is 0 Å². The van der Waals surface area contributed by atoms with Crippen LogP contribution in [0.5, 0.6) is 0 Å². The van der Waals surface area contributed by atoms with Crippen LogP contribution in [0.25, 0.3) is 0 Å². The Balaban J connectivity index is 2.00. The molecule has 0 saturated heterocycles. The first kappa shape index (κ1) is 14.1. The molecule has 0 unspecified atom stereocenters. The summed E-state index contributed by atoms with van der Waals surface area (Å²) in [5.41, 5.74) is 0. The van der Waals surface area contributed by atoms with Crippen molar-refractivity contribution in [3.05, 3.63) is 18.2 Å². The molecule has 1 aromatic heterocycles. The van der Waals surface area contributed by atoms with Crippen molar-refractivity contribution in [1.29, 1.82) is 0 Å². The lowest BCUT2D eigenvalue weighted by Crippen LogP contribution is -2.27. The van der Waals surface area contributed by atoms with E-state index in [-0.39, 0.29) is 0 Å². The van der Waals surface area contributed by atoms with Gasteiger partial charge in [-0.1, -0.05) is 0 Å². The molecule has 0 radical (unpaired) electrons. The smallest absolute Gasteiger partial charge is 0.208 e. The highest BCUT2D eigenvalue weighted by molar-refractivity contribution is 7.88. The summed E-state index contributed by atoms with van der Waals surface area (Å²) in [5, 5.41) is 3.25. The summed E-state index contributed by atoms with van der Waals surface area (Å²) < 4.78 is 26.0. The van der Waals surface area contributed by atoms with E-state index in [0.29, 0.717) is 6.54 Å². The van der Waals surface area contributed by atoms with E-state index in [2.05, 4.69) is 15.0 Å². The molecule has 0 aliphatic heterocycles. The molecule has 2 N–H and O–H groups in total. The van der Waals surface area contributed by atoms with E-state index >= 15 is 0 Å². The van der Waals surface area contributed by atoms with Crippen LogP contribution in [-0.4, -0.2) is 43.9 Å². The van der Waals surface area contributed by atoms with Crippen LogP contribution in [0.1, 0.15) is 12.2 Å². The Hall–Kier alpha value is -0.920. The van der Waals surface area contributed by atoms with Crippen LogP contribution < -0.4 is 10.0 Å². The molecular weight excluding hydrogens is 240 g/mol. The van der Waals surface area contributed by atoms with E-state index < -0.39 is 10.0 Å². The van der Waals surface area contributed by atoms with E-state index in [4.69, 9.17) is 0 Å². The van der Waals surface area contributed by atoms with Crippen molar-refractivity contribution in [1.82, 2.24) is 19.6 Å². The van der Waals surface area contributed by atoms with E-state index in [1.54, 1.807) is 6.20 Å². The van der Waals surface area contributed by atoms with Crippen molar-refractivity contribution in [2.45, 2.75) is 12.8 Å². The second kappa shape index (κ2) is 6.73. The highest BCUT2D eigenvalue weighted by Gasteiger charge is 1.99. The number of aromatic nitrogens is 2. The molecule has 1 heterocycles. The molecule has 6 nitrogen and oxygen atoms in total. The lowest BCUT2D eigenvalue weighted by molar-refractivity contribution is 0.578. The molecule has 0 spiro atoms. The van der Waals surface area contributed by atoms with Crippen molar-refractivity contribution in [3.8, 4) is 0 Å². The van der Waals surface area contributed by atoms with Gasteiger partial charge in [0, 0.05) is 39.0 Å². The standard InChI is InChI=1S/C10H20N4O2S/c1-14-9-8-12-10(14)4-7-11-5-3-6-13-17(2,15)16/h8-9,11,13H,3-7H2,1-2H3. The van der Waals surface area contributed by atoms with Crippen molar-refractivity contribution in [2.24, 2.45) is 7.05 Å². The molecule has 0 amide bonds. The molecule has 0 bridgehead atoms. The van der Waals surface area contributed by atoms with Gasteiger partial charge in [0.05, 0.1) is 6.26 Å². The predicted molar refractivity (Wildman–Crippen MR) is 67.2 cm³/mol. The second-order valence-electron chi connectivity index (χ2n) is 3.97. The monoisotopic (exact) mass is 260 g/mol. The number of rotatable bonds is 8. The average Bonchev–Trinajstić information content (AvgIpc) is 2.61. The number of nitrogens with one attached hydrogen (secondary N) is 2. The first-order valence-corrected chi connectivity index (χ1v) is 7.50. The SMILES string of the molecule is Cn1ccnc1CCNCCCNS(C)(=O)=O. The molecule has 0 saturated carbocycles. The van der Waals surface area contributed by atoms with Gasteiger partial charge in [-0.3, -0.25) is 0 Å². The molecule has 1 aromatic rings. The van der Waals surface area contributed by atoms with E-state index in [9.17, 15) is 8.42 Å². The van der Waals surface area contributed by atoms with E-state index in [0.717, 1.165) is 31.8 Å². The summed E-state index contributed by atoms with van der Waals surface area (Å²) >= 11 is 0. The van der Waals surface area contributed by atoms with E-state index in [1.165, 1.54) is 6.26 Å². The van der Waals surface area contributed by atoms with Crippen LogP contribution >= 0.6 is 0 Å². The molecule has 0 aliphatic rings. The van der Waals surface area contributed by atoms with Gasteiger partial charge in [-0.15, -0.1) is 0 Å². The van der Waals surface area contributed by atoms with E-state index in [1.807, 2.05) is 17.8 Å². The zero-order chi connectivity index (χ0) is 12.7. The zero-order valence-electron chi connectivity index (χ0n) is 10.3. The molecule has 0 aromatic carbocycles. The first-order chi connectivity index (χ1) is 7.99. The topological polar surface area (TPSA) is 76.0 Å². The number of sulfonamides is 1. The van der Waals surface area contributed by atoms with Crippen LogP contribution in [0.4, 0.5) is 0 Å². The average molecular weight is 260 g/mol. The van der Waals surface area contributed by atoms with Crippen molar-refractivity contribution < 1.29 is 8.42 Å². The van der Waals surface area contributed by atoms with Gasteiger partial charge in [-0.25, -0.2) is 18.1 Å². The summed E-state index contributed by atoms with van der Waals surface area (Å²) in [6.45, 7) is 2.13. The summed E-state index contributed by atoms with van der Waals surface area (Å²) in [6, 6.07) is 0. The Bertz CT molecular complexity index is 427. The normalized spacial score (nSPS) is 11.9. The molecule has 1 rings (SSSR count). The highest BCUT2D eigenvalue weighted by atomic mass is 32.2. The lowest BCUT2D eigenvalue weighted by Gasteiger charge is -2.05. The number of hydrogen-bond acceptors (Lipinski definition) is 4. The Morgan fingerprint density at radius 2 is 2.12 bits per heavy atom. The largest absolute Gasteiger partial charge is 0.338 e. The van der Waals surface area contributed by atoms with Crippen molar-refractivity contribution in [3.63, 3.8) is 0 Å². The Kier molecular flexibility index (Phi) is 5.60. The zero-order valence-corrected chi connectivity index (χ0v) is 11.1. The summed E-state index contributed by atoms with van der Waals surface area (Å²) in [6.07, 6.45) is 6.54. The van der Waals surface area contributed by atoms with Crippen molar-refractivity contribution >= 4 is 10.0 Å². The number of hydrogen-bond donors (Lipinski definition) is 2. The molecular formula is C10H20N4O2S. The second-order valence-corrected chi connectivity index (χ2v) is 5.81. The maximum atomic E-state index is 10.8. The molecule has 7 heteroatoms. The van der Waals surface area contributed by atoms with Crippen LogP contribution in [0, 0.1) is 0 Å². The van der Waals surface area contributed by atoms with Gasteiger partial charge < -0.3 is 9.88 Å². The fourth-order valence-corrected chi connectivity index (χ4v) is 1.95. The third-order valence-electron chi connectivity index (χ3n) is 2.34. The first-order valence-electron chi connectivity index (χ1n) is 5.60.